The molecule has 2 aliphatic rings. The third kappa shape index (κ3) is 1.14. The van der Waals surface area contributed by atoms with E-state index in [4.69, 9.17) is 5.11 Å². The third-order valence-electron chi connectivity index (χ3n) is 2.69. The van der Waals surface area contributed by atoms with Gasteiger partial charge in [0.05, 0.1) is 17.4 Å². The number of nitrogens with zero attached hydrogens (tertiary/aromatic N) is 1. The molecular weight excluding hydrogens is 206 g/mol. The number of carbonyl (C=O) groups excluding carboxylic acids is 1. The number of carbonyl (C=O) groups is 2. The van der Waals surface area contributed by atoms with Crippen molar-refractivity contribution in [3.63, 3.8) is 0 Å². The van der Waals surface area contributed by atoms with Gasteiger partial charge in [-0.2, -0.15) is 0 Å². The average Bonchev–Trinajstić information content (AvgIpc) is 2.42. The molecule has 0 saturated carbocycles. The minimum Gasteiger partial charge on any atom is -0.480 e. The van der Waals surface area contributed by atoms with Gasteiger partial charge in [0.25, 0.3) is 0 Å². The predicted molar refractivity (Wildman–Crippen MR) is 49.7 cm³/mol. The molecule has 2 rings (SSSR count). The monoisotopic (exact) mass is 217 g/mol. The summed E-state index contributed by atoms with van der Waals surface area (Å²) in [6.07, 6.45) is -0.691. The number of carboxylic acid groups (broad SMARTS) is 1. The van der Waals surface area contributed by atoms with E-state index in [1.165, 1.54) is 16.7 Å². The van der Waals surface area contributed by atoms with Gasteiger partial charge >= 0.3 is 5.97 Å². The highest BCUT2D eigenvalue weighted by Crippen LogP contribution is 2.44. The molecule has 0 spiro atoms. The molecular formula is C8H11NO4S. The van der Waals surface area contributed by atoms with Crippen molar-refractivity contribution in [3.8, 4) is 0 Å². The summed E-state index contributed by atoms with van der Waals surface area (Å²) in [6.45, 7) is 1.56. The first-order valence-corrected chi connectivity index (χ1v) is 5.43. The summed E-state index contributed by atoms with van der Waals surface area (Å²) in [5.41, 5.74) is 0. The lowest BCUT2D eigenvalue weighted by atomic mass is 9.91. The highest BCUT2D eigenvalue weighted by atomic mass is 32.2. The molecule has 4 atom stereocenters. The Bertz CT molecular complexity index is 293. The molecule has 2 N–H and O–H groups in total. The maximum Gasteiger partial charge on any atom is 0.327 e. The largest absolute Gasteiger partial charge is 0.480 e. The van der Waals surface area contributed by atoms with Crippen molar-refractivity contribution in [1.29, 1.82) is 0 Å². The molecule has 0 aliphatic carbocycles. The fourth-order valence-electron chi connectivity index (χ4n) is 1.93. The lowest BCUT2D eigenvalue weighted by molar-refractivity contribution is -0.166. The van der Waals surface area contributed by atoms with Gasteiger partial charge in [-0.05, 0) is 6.92 Å². The van der Waals surface area contributed by atoms with E-state index in [-0.39, 0.29) is 11.3 Å². The molecule has 0 aromatic rings. The molecule has 14 heavy (non-hydrogen) atoms. The molecule has 0 aromatic heterocycles. The summed E-state index contributed by atoms with van der Waals surface area (Å²) < 4.78 is 0. The third-order valence-corrected chi connectivity index (χ3v) is 4.06. The second kappa shape index (κ2) is 3.13. The van der Waals surface area contributed by atoms with Crippen LogP contribution in [0.25, 0.3) is 0 Å². The molecule has 2 unspecified atom stereocenters. The summed E-state index contributed by atoms with van der Waals surface area (Å²) in [7, 11) is 0. The van der Waals surface area contributed by atoms with Gasteiger partial charge in [0.15, 0.2) is 0 Å². The Morgan fingerprint density at radius 2 is 2.36 bits per heavy atom. The van der Waals surface area contributed by atoms with E-state index >= 15 is 0 Å². The maximum absolute atomic E-state index is 11.5. The molecule has 78 valence electrons. The van der Waals surface area contributed by atoms with Crippen LogP contribution >= 0.6 is 11.8 Å². The van der Waals surface area contributed by atoms with Gasteiger partial charge in [-0.3, -0.25) is 4.79 Å². The van der Waals surface area contributed by atoms with Gasteiger partial charge in [-0.1, -0.05) is 0 Å². The zero-order valence-corrected chi connectivity index (χ0v) is 8.40. The number of aliphatic hydroxyl groups excluding tert-OH is 1. The van der Waals surface area contributed by atoms with Crippen LogP contribution < -0.4 is 0 Å². The minimum atomic E-state index is -0.961. The normalized spacial score (nSPS) is 37.7. The predicted octanol–water partition coefficient (Wildman–Crippen LogP) is -0.648. The molecule has 2 fully saturated rings. The Hall–Kier alpha value is -0.750. The molecule has 2 heterocycles. The fraction of sp³-hybridized carbons (Fsp3) is 0.750. The number of aliphatic hydroxyl groups is 1. The molecule has 1 amide bonds. The van der Waals surface area contributed by atoms with E-state index in [2.05, 4.69) is 0 Å². The molecule has 6 heteroatoms. The SMILES string of the molecule is C[C@@H](O)C1C(=O)N2C(C(=O)O)CS[C@@H]12. The van der Waals surface area contributed by atoms with Crippen molar-refractivity contribution in [3.05, 3.63) is 0 Å². The highest BCUT2D eigenvalue weighted by Gasteiger charge is 2.58. The number of hydrogen-bond donors (Lipinski definition) is 2. The van der Waals surface area contributed by atoms with Crippen LogP contribution in [-0.4, -0.2) is 50.3 Å². The Balaban J connectivity index is 2.13. The van der Waals surface area contributed by atoms with E-state index in [0.717, 1.165) is 0 Å². The molecule has 2 saturated heterocycles. The van der Waals surface area contributed by atoms with Crippen LogP contribution in [0.1, 0.15) is 6.92 Å². The van der Waals surface area contributed by atoms with E-state index in [1.54, 1.807) is 6.92 Å². The smallest absolute Gasteiger partial charge is 0.327 e. The molecule has 2 aliphatic heterocycles. The van der Waals surface area contributed by atoms with Gasteiger partial charge in [-0.25, -0.2) is 4.79 Å². The number of thioether (sulfide) groups is 1. The van der Waals surface area contributed by atoms with Gasteiger partial charge in [0, 0.05) is 5.75 Å². The Morgan fingerprint density at radius 1 is 1.71 bits per heavy atom. The van der Waals surface area contributed by atoms with Crippen LogP contribution in [0.4, 0.5) is 0 Å². The Labute approximate surface area is 85.1 Å². The lowest BCUT2D eigenvalue weighted by Crippen LogP contribution is -2.64. The van der Waals surface area contributed by atoms with E-state index < -0.39 is 24.0 Å². The summed E-state index contributed by atoms with van der Waals surface area (Å²) in [5.74, 6) is -1.18. The Kier molecular flexibility index (Phi) is 2.19. The summed E-state index contributed by atoms with van der Waals surface area (Å²) >= 11 is 1.43. The van der Waals surface area contributed by atoms with Gasteiger partial charge in [-0.15, -0.1) is 11.8 Å². The summed E-state index contributed by atoms with van der Waals surface area (Å²) in [6, 6.07) is -0.701. The van der Waals surface area contributed by atoms with Crippen molar-refractivity contribution in [2.45, 2.75) is 24.4 Å². The van der Waals surface area contributed by atoms with Crippen LogP contribution in [-0.2, 0) is 9.59 Å². The quantitative estimate of drug-likeness (QED) is 0.601. The molecule has 5 nitrogen and oxygen atoms in total. The van der Waals surface area contributed by atoms with Gasteiger partial charge < -0.3 is 15.1 Å². The van der Waals surface area contributed by atoms with Crippen molar-refractivity contribution >= 4 is 23.6 Å². The maximum atomic E-state index is 11.5. The number of hydrogen-bond acceptors (Lipinski definition) is 4. The van der Waals surface area contributed by atoms with Crippen LogP contribution in [0, 0.1) is 5.92 Å². The number of rotatable bonds is 2. The van der Waals surface area contributed by atoms with Gasteiger partial charge in [0.2, 0.25) is 5.91 Å². The number of aliphatic carboxylic acids is 1. The first kappa shape index (κ1) is 9.79. The number of fused-ring (bicyclic) bond motifs is 1. The van der Waals surface area contributed by atoms with Crippen molar-refractivity contribution < 1.29 is 19.8 Å². The summed E-state index contributed by atoms with van der Waals surface area (Å²) in [4.78, 5) is 23.6. The van der Waals surface area contributed by atoms with E-state index in [9.17, 15) is 14.7 Å². The van der Waals surface area contributed by atoms with Crippen LogP contribution in [0.3, 0.4) is 0 Å². The van der Waals surface area contributed by atoms with E-state index in [1.807, 2.05) is 0 Å². The Morgan fingerprint density at radius 3 is 2.86 bits per heavy atom. The number of amides is 1. The van der Waals surface area contributed by atoms with Crippen LogP contribution in [0.2, 0.25) is 0 Å². The molecule has 0 radical (unpaired) electrons. The van der Waals surface area contributed by atoms with Gasteiger partial charge in [0.1, 0.15) is 6.04 Å². The highest BCUT2D eigenvalue weighted by molar-refractivity contribution is 8.00. The fourth-order valence-corrected chi connectivity index (χ4v) is 3.58. The first-order chi connectivity index (χ1) is 6.54. The van der Waals surface area contributed by atoms with Crippen molar-refractivity contribution in [2.75, 3.05) is 5.75 Å². The zero-order chi connectivity index (χ0) is 10.5. The first-order valence-electron chi connectivity index (χ1n) is 4.38. The lowest BCUT2D eigenvalue weighted by Gasteiger charge is -2.44. The van der Waals surface area contributed by atoms with Crippen molar-refractivity contribution in [2.24, 2.45) is 5.92 Å². The zero-order valence-electron chi connectivity index (χ0n) is 7.58. The molecule has 0 bridgehead atoms. The molecule has 0 aromatic carbocycles. The summed E-state index contributed by atoms with van der Waals surface area (Å²) in [5, 5.41) is 18.0. The van der Waals surface area contributed by atoms with E-state index in [0.29, 0.717) is 5.75 Å². The average molecular weight is 217 g/mol. The standard InChI is InChI=1S/C8H11NO4S/c1-3(10)5-6(11)9-4(8(12)13)2-14-7(5)9/h3-5,7,10H,2H2,1H3,(H,12,13)/t3-,4?,5?,7+/m1/s1. The second-order valence-electron chi connectivity index (χ2n) is 3.59. The number of carboxylic acids is 1. The minimum absolute atomic E-state index is 0.136. The van der Waals surface area contributed by atoms with Crippen molar-refractivity contribution in [1.82, 2.24) is 4.90 Å². The van der Waals surface area contributed by atoms with Crippen LogP contribution in [0.15, 0.2) is 0 Å². The topological polar surface area (TPSA) is 77.8 Å². The second-order valence-corrected chi connectivity index (χ2v) is 4.74. The van der Waals surface area contributed by atoms with Crippen LogP contribution in [0.5, 0.6) is 0 Å². The number of β-lactam (4-membered cyclic amide) rings is 1.